The van der Waals surface area contributed by atoms with E-state index in [4.69, 9.17) is 18.6 Å². The number of allylic oxidation sites excluding steroid dienone is 5. The van der Waals surface area contributed by atoms with Crippen LogP contribution in [0.4, 0.5) is 0 Å². The quantitative estimate of drug-likeness (QED) is 0.508. The van der Waals surface area contributed by atoms with E-state index in [9.17, 15) is 0 Å². The van der Waals surface area contributed by atoms with Crippen LogP contribution in [-0.2, 0) is 23.5 Å². The summed E-state index contributed by atoms with van der Waals surface area (Å²) >= 11 is -0.556. The van der Waals surface area contributed by atoms with E-state index < -0.39 is 17.0 Å². The Bertz CT molecular complexity index is 503. The Morgan fingerprint density at radius 3 is 2.33 bits per heavy atom. The molecule has 0 nitrogen and oxygen atoms in total. The van der Waals surface area contributed by atoms with Gasteiger partial charge >= 0.3 is 35.6 Å². The van der Waals surface area contributed by atoms with Crippen molar-refractivity contribution in [2.24, 2.45) is 5.41 Å². The second-order valence-electron chi connectivity index (χ2n) is 4.38. The van der Waals surface area contributed by atoms with Crippen LogP contribution in [0.3, 0.4) is 0 Å². The molecule has 0 fully saturated rings. The van der Waals surface area contributed by atoms with Gasteiger partial charge in [-0.05, 0) is 17.5 Å². The predicted molar refractivity (Wildman–Crippen MR) is 75.9 cm³/mol. The Labute approximate surface area is 125 Å². The molecule has 0 aromatic heterocycles. The van der Waals surface area contributed by atoms with Gasteiger partial charge in [0.2, 0.25) is 0 Å². The van der Waals surface area contributed by atoms with Gasteiger partial charge in [0, 0.05) is 0 Å². The van der Waals surface area contributed by atoms with E-state index in [0.717, 1.165) is 6.42 Å². The molecule has 0 unspecified atom stereocenters. The molecule has 0 saturated carbocycles. The van der Waals surface area contributed by atoms with Crippen LogP contribution in [0.2, 0.25) is 0 Å². The molecule has 0 atom stereocenters. The molecule has 0 aliphatic heterocycles. The zero-order valence-corrected chi connectivity index (χ0v) is 12.9. The van der Waals surface area contributed by atoms with Crippen molar-refractivity contribution in [1.29, 1.82) is 0 Å². The fraction of sp³-hybridized carbons (Fsp3) is 0.133. The van der Waals surface area contributed by atoms with Gasteiger partial charge in [-0.25, -0.2) is 0 Å². The molecule has 92 valence electrons. The first-order valence-corrected chi connectivity index (χ1v) is 9.97. The van der Waals surface area contributed by atoms with Crippen LogP contribution in [-0.4, -0.2) is 0 Å². The number of halogens is 2. The molecule has 0 bridgehead atoms. The summed E-state index contributed by atoms with van der Waals surface area (Å²) in [7, 11) is 9.78. The molecule has 2 aliphatic rings. The summed E-state index contributed by atoms with van der Waals surface area (Å²) in [4.78, 5) is 0. The van der Waals surface area contributed by atoms with Crippen molar-refractivity contribution >= 4 is 24.7 Å². The van der Waals surface area contributed by atoms with Crippen molar-refractivity contribution < 1.29 is 17.0 Å². The van der Waals surface area contributed by atoms with Gasteiger partial charge in [0.05, 0.1) is 0 Å². The Balaban J connectivity index is 0.000000367. The van der Waals surface area contributed by atoms with Gasteiger partial charge in [-0.2, -0.15) is 0 Å². The van der Waals surface area contributed by atoms with Crippen molar-refractivity contribution in [2.45, 2.75) is 6.42 Å². The van der Waals surface area contributed by atoms with Crippen LogP contribution in [0, 0.1) is 12.3 Å². The van der Waals surface area contributed by atoms with Crippen molar-refractivity contribution in [3.8, 4) is 0 Å². The first-order chi connectivity index (χ1) is 8.69. The molecular weight excluding hydrogens is 299 g/mol. The average Bonchev–Trinajstić information content (AvgIpc) is 2.96. The monoisotopic (exact) mass is 311 g/mol. The van der Waals surface area contributed by atoms with Gasteiger partial charge in [-0.1, -0.05) is 53.5 Å². The number of hydrogen-bond donors (Lipinski definition) is 0. The standard InChI is InChI=1S/C15H13.2ClH.Ti/c1-15(8-4-5-9-15)14-10-12-6-2-3-7-13(12)11-14;;;/h2-10H,1,11H2;2*1H;/q-1;;;+2/p-2. The fourth-order valence-electron chi connectivity index (χ4n) is 2.30. The summed E-state index contributed by atoms with van der Waals surface area (Å²) in [6, 6.07) is 8.57. The van der Waals surface area contributed by atoms with E-state index in [2.05, 4.69) is 61.6 Å². The molecule has 0 spiro atoms. The summed E-state index contributed by atoms with van der Waals surface area (Å²) in [6.45, 7) is 4.29. The van der Waals surface area contributed by atoms with Crippen molar-refractivity contribution in [3.63, 3.8) is 0 Å². The van der Waals surface area contributed by atoms with Gasteiger partial charge < -0.3 is 6.92 Å². The second-order valence-corrected chi connectivity index (χ2v) is 6.95. The fourth-order valence-corrected chi connectivity index (χ4v) is 2.30. The van der Waals surface area contributed by atoms with Crippen LogP contribution in [0.25, 0.3) is 6.08 Å². The average molecular weight is 312 g/mol. The molecule has 0 amide bonds. The third-order valence-electron chi connectivity index (χ3n) is 3.26. The van der Waals surface area contributed by atoms with E-state index >= 15 is 0 Å². The van der Waals surface area contributed by atoms with Gasteiger partial charge in [-0.15, -0.1) is 12.2 Å². The van der Waals surface area contributed by atoms with Crippen LogP contribution >= 0.6 is 18.6 Å². The maximum absolute atomic E-state index is 4.89. The Morgan fingerprint density at radius 2 is 1.72 bits per heavy atom. The summed E-state index contributed by atoms with van der Waals surface area (Å²) in [5.74, 6) is 0. The number of rotatable bonds is 1. The Morgan fingerprint density at radius 1 is 1.11 bits per heavy atom. The van der Waals surface area contributed by atoms with Gasteiger partial charge in [-0.3, -0.25) is 0 Å². The number of hydrogen-bond acceptors (Lipinski definition) is 0. The topological polar surface area (TPSA) is 0 Å². The van der Waals surface area contributed by atoms with Crippen LogP contribution in [0.15, 0.2) is 54.1 Å². The maximum atomic E-state index is 4.89. The summed E-state index contributed by atoms with van der Waals surface area (Å²) < 4.78 is 0. The van der Waals surface area contributed by atoms with Crippen LogP contribution in [0.5, 0.6) is 0 Å². The molecule has 2 aliphatic carbocycles. The molecule has 18 heavy (non-hydrogen) atoms. The molecule has 1 aromatic rings. The van der Waals surface area contributed by atoms with Crippen molar-refractivity contribution in [2.75, 3.05) is 0 Å². The number of benzene rings is 1. The minimum atomic E-state index is -0.556. The molecule has 3 heteroatoms. The van der Waals surface area contributed by atoms with E-state index in [1.807, 2.05) is 0 Å². The van der Waals surface area contributed by atoms with E-state index in [1.165, 1.54) is 16.7 Å². The Hall–Kier alpha value is -0.266. The first kappa shape index (κ1) is 14.1. The normalized spacial score (nSPS) is 17.8. The van der Waals surface area contributed by atoms with E-state index in [1.54, 1.807) is 0 Å². The molecular formula is C15H13Cl2Ti-. The third-order valence-corrected chi connectivity index (χ3v) is 3.26. The van der Waals surface area contributed by atoms with Crippen molar-refractivity contribution in [1.82, 2.24) is 0 Å². The zero-order valence-electron chi connectivity index (χ0n) is 9.87. The predicted octanol–water partition coefficient (Wildman–Crippen LogP) is 4.95. The number of fused-ring (bicyclic) bond motifs is 1. The molecule has 3 rings (SSSR count). The Kier molecular flexibility index (Phi) is 4.92. The molecule has 0 radical (unpaired) electrons. The minimum absolute atomic E-state index is 0.0982. The second kappa shape index (κ2) is 6.26. The summed E-state index contributed by atoms with van der Waals surface area (Å²) in [6.07, 6.45) is 11.8. The first-order valence-electron chi connectivity index (χ1n) is 5.67. The van der Waals surface area contributed by atoms with Crippen LogP contribution in [0.1, 0.15) is 11.1 Å². The molecule has 0 N–H and O–H groups in total. The summed E-state index contributed by atoms with van der Waals surface area (Å²) in [5, 5.41) is 0. The molecule has 0 saturated heterocycles. The molecule has 0 heterocycles. The zero-order chi connectivity index (χ0) is 13.0. The van der Waals surface area contributed by atoms with Gasteiger partial charge in [0.15, 0.2) is 0 Å². The van der Waals surface area contributed by atoms with E-state index in [0.29, 0.717) is 0 Å². The summed E-state index contributed by atoms with van der Waals surface area (Å²) in [5.41, 5.74) is 4.07. The molecule has 1 aromatic carbocycles. The van der Waals surface area contributed by atoms with E-state index in [-0.39, 0.29) is 5.41 Å². The SMILES string of the molecule is [CH2-]C1(C2=Cc3ccccc3C2)C=CC=C1.[Cl][Ti][Cl]. The van der Waals surface area contributed by atoms with Crippen molar-refractivity contribution in [3.05, 3.63) is 72.2 Å². The third kappa shape index (κ3) is 3.00. The van der Waals surface area contributed by atoms with Gasteiger partial charge in [0.25, 0.3) is 0 Å². The van der Waals surface area contributed by atoms with Gasteiger partial charge in [0.1, 0.15) is 0 Å². The van der Waals surface area contributed by atoms with Crippen LogP contribution < -0.4 is 0 Å².